The number of anilines is 2. The molecule has 0 unspecified atom stereocenters. The molecule has 0 aliphatic carbocycles. The molecule has 0 radical (unpaired) electrons. The Morgan fingerprint density at radius 3 is 2.46 bits per heavy atom. The first-order valence-corrected chi connectivity index (χ1v) is 8.55. The molecule has 0 spiro atoms. The summed E-state index contributed by atoms with van der Waals surface area (Å²) >= 11 is 3.37. The van der Waals surface area contributed by atoms with E-state index < -0.39 is 11.9 Å². The molecule has 0 aromatic heterocycles. The molecule has 0 heterocycles. The smallest absolute Gasteiger partial charge is 0.340 e. The molecule has 2 aromatic carbocycles. The molecule has 2 rings (SSSR count). The third-order valence-electron chi connectivity index (χ3n) is 3.28. The van der Waals surface area contributed by atoms with Gasteiger partial charge in [-0.1, -0.05) is 24.3 Å². The first-order chi connectivity index (χ1) is 12.6. The number of esters is 1. The van der Waals surface area contributed by atoms with Crippen molar-refractivity contribution in [2.45, 2.75) is 6.92 Å². The summed E-state index contributed by atoms with van der Waals surface area (Å²) in [5.74, 6) is -1.18. The zero-order chi connectivity index (χ0) is 18.9. The average molecular weight is 414 g/mol. The van der Waals surface area contributed by atoms with Crippen LogP contribution in [0.25, 0.3) is 0 Å². The van der Waals surface area contributed by atoms with Gasteiger partial charge in [0.15, 0.2) is 0 Å². The lowest BCUT2D eigenvalue weighted by Gasteiger charge is -2.10. The molecule has 1 amide bonds. The highest BCUT2D eigenvalue weighted by Crippen LogP contribution is 2.22. The van der Waals surface area contributed by atoms with E-state index in [1.54, 1.807) is 37.3 Å². The van der Waals surface area contributed by atoms with Crippen molar-refractivity contribution < 1.29 is 14.3 Å². The number of nitrogens with zero attached hydrogens (tertiary/aromatic N) is 1. The topological polar surface area (TPSA) is 91.2 Å². The predicted molar refractivity (Wildman–Crippen MR) is 102 cm³/mol. The molecule has 6 nitrogen and oxygen atoms in total. The van der Waals surface area contributed by atoms with Crippen LogP contribution in [0.4, 0.5) is 11.4 Å². The highest BCUT2D eigenvalue weighted by Gasteiger charge is 2.16. The second-order valence-corrected chi connectivity index (χ2v) is 5.87. The van der Waals surface area contributed by atoms with Gasteiger partial charge in [0.05, 0.1) is 23.5 Å². The van der Waals surface area contributed by atoms with Crippen LogP contribution in [0, 0.1) is 11.3 Å². The molecule has 0 saturated heterocycles. The Hall–Kier alpha value is -3.11. The fourth-order valence-electron chi connectivity index (χ4n) is 2.05. The maximum Gasteiger partial charge on any atom is 0.340 e. The molecule has 0 bridgehead atoms. The van der Waals surface area contributed by atoms with Gasteiger partial charge in [0.25, 0.3) is 5.91 Å². The van der Waals surface area contributed by atoms with Crippen LogP contribution in [-0.2, 0) is 9.53 Å². The third kappa shape index (κ3) is 4.94. The molecule has 26 heavy (non-hydrogen) atoms. The normalized spacial score (nSPS) is 10.6. The Balaban J connectivity index is 2.18. The largest absolute Gasteiger partial charge is 0.462 e. The minimum atomic E-state index is -0.635. The van der Waals surface area contributed by atoms with Crippen molar-refractivity contribution in [1.29, 1.82) is 5.26 Å². The van der Waals surface area contributed by atoms with Crippen molar-refractivity contribution >= 4 is 39.2 Å². The first-order valence-electron chi connectivity index (χ1n) is 7.75. The molecule has 0 aliphatic rings. The lowest BCUT2D eigenvalue weighted by Crippen LogP contribution is -2.17. The SMILES string of the molecule is CCOC(=O)c1ccccc1NC(=O)/C(C#N)=C\Nc1ccccc1Br. The fraction of sp³-hybridized carbons (Fsp3) is 0.105. The van der Waals surface area contributed by atoms with Crippen molar-refractivity contribution in [1.82, 2.24) is 0 Å². The second-order valence-electron chi connectivity index (χ2n) is 5.01. The third-order valence-corrected chi connectivity index (χ3v) is 3.97. The van der Waals surface area contributed by atoms with Crippen LogP contribution in [0.2, 0.25) is 0 Å². The number of nitriles is 1. The van der Waals surface area contributed by atoms with Crippen LogP contribution < -0.4 is 10.6 Å². The Morgan fingerprint density at radius 1 is 1.15 bits per heavy atom. The molecule has 2 N–H and O–H groups in total. The van der Waals surface area contributed by atoms with E-state index >= 15 is 0 Å². The predicted octanol–water partition coefficient (Wildman–Crippen LogP) is 4.08. The molecule has 0 saturated carbocycles. The van der Waals surface area contributed by atoms with E-state index in [1.807, 2.05) is 24.3 Å². The van der Waals surface area contributed by atoms with Crippen molar-refractivity contribution in [3.05, 3.63) is 70.3 Å². The molecular formula is C19H16BrN3O3. The fourth-order valence-corrected chi connectivity index (χ4v) is 2.44. The van der Waals surface area contributed by atoms with Crippen LogP contribution >= 0.6 is 15.9 Å². The lowest BCUT2D eigenvalue weighted by molar-refractivity contribution is -0.112. The van der Waals surface area contributed by atoms with Gasteiger partial charge in [0.2, 0.25) is 0 Å². The Morgan fingerprint density at radius 2 is 1.81 bits per heavy atom. The molecular weight excluding hydrogens is 398 g/mol. The number of amides is 1. The van der Waals surface area contributed by atoms with Crippen LogP contribution in [0.1, 0.15) is 17.3 Å². The van der Waals surface area contributed by atoms with E-state index in [1.165, 1.54) is 6.20 Å². The zero-order valence-electron chi connectivity index (χ0n) is 14.0. The highest BCUT2D eigenvalue weighted by molar-refractivity contribution is 9.10. The summed E-state index contributed by atoms with van der Waals surface area (Å²) in [4.78, 5) is 24.3. The Labute approximate surface area is 159 Å². The summed E-state index contributed by atoms with van der Waals surface area (Å²) in [6.07, 6.45) is 1.31. The molecule has 2 aromatic rings. The van der Waals surface area contributed by atoms with Gasteiger partial charge in [-0.3, -0.25) is 4.79 Å². The summed E-state index contributed by atoms with van der Waals surface area (Å²) in [7, 11) is 0. The van der Waals surface area contributed by atoms with Gasteiger partial charge in [-0.05, 0) is 47.1 Å². The molecule has 7 heteroatoms. The van der Waals surface area contributed by atoms with E-state index in [4.69, 9.17) is 4.74 Å². The van der Waals surface area contributed by atoms with Crippen LogP contribution in [0.3, 0.4) is 0 Å². The number of halogens is 1. The maximum absolute atomic E-state index is 12.4. The molecule has 132 valence electrons. The van der Waals surface area contributed by atoms with Gasteiger partial charge in [-0.25, -0.2) is 4.79 Å². The number of benzene rings is 2. The monoisotopic (exact) mass is 413 g/mol. The van der Waals surface area contributed by atoms with E-state index in [-0.39, 0.29) is 23.4 Å². The lowest BCUT2D eigenvalue weighted by atomic mass is 10.1. The van der Waals surface area contributed by atoms with Crippen LogP contribution in [-0.4, -0.2) is 18.5 Å². The number of ether oxygens (including phenoxy) is 1. The quantitative estimate of drug-likeness (QED) is 0.422. The van der Waals surface area contributed by atoms with Crippen molar-refractivity contribution in [3.63, 3.8) is 0 Å². The second kappa shape index (κ2) is 9.39. The number of hydrogen-bond acceptors (Lipinski definition) is 5. The van der Waals surface area contributed by atoms with Gasteiger partial charge in [0.1, 0.15) is 11.6 Å². The number of carbonyl (C=O) groups excluding carboxylic acids is 2. The zero-order valence-corrected chi connectivity index (χ0v) is 15.5. The van der Waals surface area contributed by atoms with E-state index in [0.717, 1.165) is 4.47 Å². The highest BCUT2D eigenvalue weighted by atomic mass is 79.9. The van der Waals surface area contributed by atoms with E-state index in [9.17, 15) is 14.9 Å². The van der Waals surface area contributed by atoms with Gasteiger partial charge in [-0.15, -0.1) is 0 Å². The summed E-state index contributed by atoms with van der Waals surface area (Å²) in [6.45, 7) is 1.92. The summed E-state index contributed by atoms with van der Waals surface area (Å²) in [5, 5.41) is 14.7. The molecule has 0 aliphatic heterocycles. The number of nitrogens with one attached hydrogen (secondary N) is 2. The van der Waals surface area contributed by atoms with Crippen molar-refractivity contribution in [2.24, 2.45) is 0 Å². The van der Waals surface area contributed by atoms with Gasteiger partial charge in [0, 0.05) is 10.7 Å². The minimum absolute atomic E-state index is 0.139. The standard InChI is InChI=1S/C19H16BrN3O3/c1-2-26-19(25)14-7-3-5-9-16(14)23-18(24)13(11-21)12-22-17-10-6-4-8-15(17)20/h3-10,12,22H,2H2,1H3,(H,23,24)/b13-12-. The Kier molecular flexibility index (Phi) is 6.94. The number of rotatable bonds is 6. The van der Waals surface area contributed by atoms with Gasteiger partial charge >= 0.3 is 5.97 Å². The molecule has 0 atom stereocenters. The van der Waals surface area contributed by atoms with Crippen molar-refractivity contribution in [3.8, 4) is 6.07 Å². The summed E-state index contributed by atoms with van der Waals surface area (Å²) < 4.78 is 5.76. The average Bonchev–Trinajstić information content (AvgIpc) is 2.64. The Bertz CT molecular complexity index is 888. The van der Waals surface area contributed by atoms with Gasteiger partial charge < -0.3 is 15.4 Å². The van der Waals surface area contributed by atoms with Crippen LogP contribution in [0.15, 0.2) is 64.8 Å². The first kappa shape index (κ1) is 19.2. The van der Waals surface area contributed by atoms with Gasteiger partial charge in [-0.2, -0.15) is 5.26 Å². The van der Waals surface area contributed by atoms with Crippen LogP contribution in [0.5, 0.6) is 0 Å². The minimum Gasteiger partial charge on any atom is -0.462 e. The van der Waals surface area contributed by atoms with Crippen molar-refractivity contribution in [2.75, 3.05) is 17.2 Å². The van der Waals surface area contributed by atoms with E-state index in [0.29, 0.717) is 5.69 Å². The summed E-state index contributed by atoms with van der Waals surface area (Å²) in [5.41, 5.74) is 1.07. The molecule has 0 fully saturated rings. The number of carbonyl (C=O) groups is 2. The summed E-state index contributed by atoms with van der Waals surface area (Å²) in [6, 6.07) is 15.6. The van der Waals surface area contributed by atoms with E-state index in [2.05, 4.69) is 26.6 Å². The maximum atomic E-state index is 12.4. The number of para-hydroxylation sites is 2. The number of hydrogen-bond donors (Lipinski definition) is 2.